The highest BCUT2D eigenvalue weighted by atomic mass is 79.9. The van der Waals surface area contributed by atoms with E-state index in [0.29, 0.717) is 17.3 Å². The lowest BCUT2D eigenvalue weighted by Gasteiger charge is -2.04. The van der Waals surface area contributed by atoms with E-state index in [0.717, 1.165) is 37.4 Å². The number of nitrogens with zero attached hydrogens (tertiary/aromatic N) is 3. The molecule has 0 amide bonds. The number of aryl methyl sites for hydroxylation is 2. The molecule has 0 saturated carbocycles. The standard InChI is InChI=1S/C21H19BrN4O2S/c1-4-28-15-6-8-18-19(10-15)29-21(24-18)23-11-16-13(3)25-26(20(16)27)14-5-7-17(22)12(2)9-14/h5-11,25H,4H2,1-3H3. The molecule has 4 rings (SSSR count). The highest BCUT2D eigenvalue weighted by Crippen LogP contribution is 2.30. The van der Waals surface area contributed by atoms with Gasteiger partial charge in [-0.25, -0.2) is 14.7 Å². The molecule has 0 unspecified atom stereocenters. The lowest BCUT2D eigenvalue weighted by Crippen LogP contribution is -2.17. The minimum Gasteiger partial charge on any atom is -0.494 e. The number of ether oxygens (including phenoxy) is 1. The first-order valence-corrected chi connectivity index (χ1v) is 10.7. The second-order valence-corrected chi connectivity index (χ2v) is 8.41. The molecule has 0 aliphatic rings. The third kappa shape index (κ3) is 3.90. The fourth-order valence-electron chi connectivity index (χ4n) is 2.99. The smallest absolute Gasteiger partial charge is 0.280 e. The average molecular weight is 471 g/mol. The van der Waals surface area contributed by atoms with E-state index in [1.165, 1.54) is 16.0 Å². The Morgan fingerprint density at radius 3 is 2.86 bits per heavy atom. The molecule has 0 saturated heterocycles. The fraction of sp³-hybridized carbons (Fsp3) is 0.190. The van der Waals surface area contributed by atoms with Crippen LogP contribution < -0.4 is 10.3 Å². The monoisotopic (exact) mass is 470 g/mol. The van der Waals surface area contributed by atoms with Crippen molar-refractivity contribution in [2.75, 3.05) is 6.61 Å². The maximum absolute atomic E-state index is 12.9. The van der Waals surface area contributed by atoms with Crippen LogP contribution in [0.2, 0.25) is 0 Å². The maximum atomic E-state index is 12.9. The van der Waals surface area contributed by atoms with Gasteiger partial charge in [-0.3, -0.25) is 9.89 Å². The van der Waals surface area contributed by atoms with Crippen LogP contribution in [0.15, 0.2) is 50.7 Å². The minimum absolute atomic E-state index is 0.146. The first kappa shape index (κ1) is 19.6. The number of fused-ring (bicyclic) bond motifs is 1. The summed E-state index contributed by atoms with van der Waals surface area (Å²) in [5.74, 6) is 0.813. The molecule has 4 aromatic rings. The van der Waals surface area contributed by atoms with Gasteiger partial charge in [-0.2, -0.15) is 0 Å². The summed E-state index contributed by atoms with van der Waals surface area (Å²) < 4.78 is 9.06. The first-order chi connectivity index (χ1) is 14.0. The van der Waals surface area contributed by atoms with Gasteiger partial charge in [0.05, 0.1) is 28.1 Å². The lowest BCUT2D eigenvalue weighted by atomic mass is 10.2. The normalized spacial score (nSPS) is 11.6. The van der Waals surface area contributed by atoms with Gasteiger partial charge < -0.3 is 4.74 Å². The number of halogens is 1. The van der Waals surface area contributed by atoms with Gasteiger partial charge >= 0.3 is 0 Å². The zero-order chi connectivity index (χ0) is 20.5. The number of nitrogens with one attached hydrogen (secondary N) is 1. The van der Waals surface area contributed by atoms with Gasteiger partial charge in [0.1, 0.15) is 5.75 Å². The number of thiazole rings is 1. The minimum atomic E-state index is -0.146. The SMILES string of the molecule is CCOc1ccc2nc(N=Cc3c(C)[nH]n(-c4ccc(Br)c(C)c4)c3=O)sc2c1. The number of aromatic nitrogens is 3. The summed E-state index contributed by atoms with van der Waals surface area (Å²) in [5, 5.41) is 3.72. The van der Waals surface area contributed by atoms with E-state index in [9.17, 15) is 4.79 Å². The molecule has 148 valence electrons. The van der Waals surface area contributed by atoms with E-state index in [-0.39, 0.29) is 5.56 Å². The first-order valence-electron chi connectivity index (χ1n) is 9.12. The summed E-state index contributed by atoms with van der Waals surface area (Å²) in [5.41, 5.74) is 3.81. The van der Waals surface area contributed by atoms with Crippen molar-refractivity contribution >= 4 is 48.8 Å². The Labute approximate surface area is 180 Å². The molecular formula is C21H19BrN4O2S. The van der Waals surface area contributed by atoms with Crippen LogP contribution >= 0.6 is 27.3 Å². The molecule has 0 spiro atoms. The van der Waals surface area contributed by atoms with Gasteiger partial charge in [0.25, 0.3) is 5.56 Å². The zero-order valence-corrected chi connectivity index (χ0v) is 18.6. The van der Waals surface area contributed by atoms with Crippen LogP contribution in [-0.4, -0.2) is 27.6 Å². The van der Waals surface area contributed by atoms with Crippen LogP contribution in [0.1, 0.15) is 23.7 Å². The molecule has 1 N–H and O–H groups in total. The van der Waals surface area contributed by atoms with Crippen molar-refractivity contribution in [3.63, 3.8) is 0 Å². The second-order valence-electron chi connectivity index (χ2n) is 6.54. The third-order valence-corrected chi connectivity index (χ3v) is 6.30. The molecule has 2 heterocycles. The van der Waals surface area contributed by atoms with Crippen molar-refractivity contribution in [1.29, 1.82) is 0 Å². The van der Waals surface area contributed by atoms with Gasteiger partial charge in [-0.05, 0) is 62.7 Å². The Bertz CT molecular complexity index is 1290. The van der Waals surface area contributed by atoms with Crippen LogP contribution in [0.25, 0.3) is 15.9 Å². The van der Waals surface area contributed by atoms with E-state index < -0.39 is 0 Å². The second kappa shape index (κ2) is 7.96. The van der Waals surface area contributed by atoms with Crippen molar-refractivity contribution < 1.29 is 4.74 Å². The number of H-pyrrole nitrogens is 1. The van der Waals surface area contributed by atoms with Crippen molar-refractivity contribution in [3.05, 3.63) is 68.0 Å². The predicted molar refractivity (Wildman–Crippen MR) is 122 cm³/mol. The van der Waals surface area contributed by atoms with E-state index in [2.05, 4.69) is 31.0 Å². The Kier molecular flexibility index (Phi) is 5.38. The summed E-state index contributed by atoms with van der Waals surface area (Å²) >= 11 is 4.95. The van der Waals surface area contributed by atoms with Crippen LogP contribution in [0.3, 0.4) is 0 Å². The predicted octanol–water partition coefficient (Wildman–Crippen LogP) is 5.30. The molecule has 0 atom stereocenters. The van der Waals surface area contributed by atoms with Crippen molar-refractivity contribution in [1.82, 2.24) is 14.8 Å². The number of hydrogen-bond donors (Lipinski definition) is 1. The lowest BCUT2D eigenvalue weighted by molar-refractivity contribution is 0.341. The summed E-state index contributed by atoms with van der Waals surface area (Å²) in [6.45, 7) is 6.42. The number of hydrogen-bond acceptors (Lipinski definition) is 5. The zero-order valence-electron chi connectivity index (χ0n) is 16.2. The number of benzene rings is 2. The Balaban J connectivity index is 1.66. The fourth-order valence-corrected chi connectivity index (χ4v) is 4.07. The molecular weight excluding hydrogens is 452 g/mol. The van der Waals surface area contributed by atoms with Crippen LogP contribution in [0, 0.1) is 13.8 Å². The molecule has 8 heteroatoms. The molecule has 2 aromatic heterocycles. The van der Waals surface area contributed by atoms with E-state index in [1.54, 1.807) is 6.21 Å². The Hall–Kier alpha value is -2.71. The van der Waals surface area contributed by atoms with E-state index in [1.807, 2.05) is 57.2 Å². The molecule has 0 aliphatic carbocycles. The van der Waals surface area contributed by atoms with Crippen molar-refractivity contribution in [2.45, 2.75) is 20.8 Å². The summed E-state index contributed by atoms with van der Waals surface area (Å²) in [6, 6.07) is 11.5. The number of aromatic amines is 1. The largest absolute Gasteiger partial charge is 0.494 e. The van der Waals surface area contributed by atoms with Gasteiger partial charge in [0, 0.05) is 16.4 Å². The van der Waals surface area contributed by atoms with Gasteiger partial charge in [0.15, 0.2) is 0 Å². The van der Waals surface area contributed by atoms with E-state index in [4.69, 9.17) is 4.74 Å². The third-order valence-electron chi connectivity index (χ3n) is 4.48. The van der Waals surface area contributed by atoms with Crippen LogP contribution in [-0.2, 0) is 0 Å². The molecule has 0 radical (unpaired) electrons. The van der Waals surface area contributed by atoms with Crippen LogP contribution in [0.5, 0.6) is 5.75 Å². The van der Waals surface area contributed by atoms with Gasteiger partial charge in [0.2, 0.25) is 5.13 Å². The highest BCUT2D eigenvalue weighted by molar-refractivity contribution is 9.10. The van der Waals surface area contributed by atoms with Gasteiger partial charge in [-0.1, -0.05) is 27.3 Å². The average Bonchev–Trinajstić information content (AvgIpc) is 3.22. The van der Waals surface area contributed by atoms with Gasteiger partial charge in [-0.15, -0.1) is 0 Å². The molecule has 29 heavy (non-hydrogen) atoms. The molecule has 0 fully saturated rings. The molecule has 6 nitrogen and oxygen atoms in total. The topological polar surface area (TPSA) is 72.3 Å². The Morgan fingerprint density at radius 2 is 2.10 bits per heavy atom. The molecule has 0 bridgehead atoms. The molecule has 0 aliphatic heterocycles. The van der Waals surface area contributed by atoms with Crippen molar-refractivity contribution in [2.24, 2.45) is 4.99 Å². The summed E-state index contributed by atoms with van der Waals surface area (Å²) in [4.78, 5) is 21.9. The quantitative estimate of drug-likeness (QED) is 0.402. The Morgan fingerprint density at radius 1 is 1.28 bits per heavy atom. The molecule has 2 aromatic carbocycles. The summed E-state index contributed by atoms with van der Waals surface area (Å²) in [6.07, 6.45) is 1.58. The van der Waals surface area contributed by atoms with E-state index >= 15 is 0 Å². The maximum Gasteiger partial charge on any atom is 0.280 e. The van der Waals surface area contributed by atoms with Crippen molar-refractivity contribution in [3.8, 4) is 11.4 Å². The number of aliphatic imine (C=N–C) groups is 1. The number of rotatable bonds is 5. The highest BCUT2D eigenvalue weighted by Gasteiger charge is 2.12. The van der Waals surface area contributed by atoms with Crippen LogP contribution in [0.4, 0.5) is 5.13 Å². The summed E-state index contributed by atoms with van der Waals surface area (Å²) in [7, 11) is 0.